The van der Waals surface area contributed by atoms with Crippen LogP contribution in [0.25, 0.3) is 0 Å². The number of ether oxygens (including phenoxy) is 1. The summed E-state index contributed by atoms with van der Waals surface area (Å²) in [7, 11) is 1.30. The number of anilines is 2. The van der Waals surface area contributed by atoms with Crippen LogP contribution in [0.3, 0.4) is 0 Å². The fourth-order valence-electron chi connectivity index (χ4n) is 1.94. The molecule has 1 aromatic rings. The summed E-state index contributed by atoms with van der Waals surface area (Å²) in [5.74, 6) is -0.347. The molecule has 1 fully saturated rings. The maximum absolute atomic E-state index is 13.0. The van der Waals surface area contributed by atoms with E-state index in [1.165, 1.54) is 7.11 Å². The normalized spacial score (nSPS) is 16.4. The number of carbonyl (C=O) groups is 1. The molecular formula is C12H16F3N3O2S. The van der Waals surface area contributed by atoms with Crippen molar-refractivity contribution in [3.8, 4) is 5.75 Å². The summed E-state index contributed by atoms with van der Waals surface area (Å²) in [4.78, 5) is 12.0. The van der Waals surface area contributed by atoms with Crippen molar-refractivity contribution in [2.75, 3.05) is 24.7 Å². The molecule has 1 amide bonds. The van der Waals surface area contributed by atoms with Gasteiger partial charge in [0.25, 0.3) is 5.91 Å². The fraction of sp³-hybridized carbons (Fsp3) is 0.583. The van der Waals surface area contributed by atoms with Crippen LogP contribution in [0.5, 0.6) is 5.75 Å². The van der Waals surface area contributed by atoms with E-state index in [0.717, 1.165) is 11.3 Å². The predicted octanol–water partition coefficient (Wildman–Crippen LogP) is 2.60. The summed E-state index contributed by atoms with van der Waals surface area (Å²) in [5.41, 5.74) is 3.91. The first-order chi connectivity index (χ1) is 9.75. The van der Waals surface area contributed by atoms with E-state index in [0.29, 0.717) is 6.54 Å². The number of hydrogen-bond donors (Lipinski definition) is 3. The molecule has 0 radical (unpaired) electrons. The Bertz CT molecular complexity index is 553. The Morgan fingerprint density at radius 3 is 2.52 bits per heavy atom. The molecule has 0 atom stereocenters. The largest absolute Gasteiger partial charge is 0.492 e. The van der Waals surface area contributed by atoms with Crippen LogP contribution in [0.1, 0.15) is 29.4 Å². The highest BCUT2D eigenvalue weighted by atomic mass is 32.1. The highest BCUT2D eigenvalue weighted by Crippen LogP contribution is 2.54. The quantitative estimate of drug-likeness (QED) is 0.778. The molecule has 0 aliphatic heterocycles. The molecule has 5 nitrogen and oxygen atoms in total. The number of alkyl halides is 3. The Hall–Kier alpha value is -1.64. The zero-order chi connectivity index (χ0) is 15.8. The second kappa shape index (κ2) is 5.28. The van der Waals surface area contributed by atoms with Crippen molar-refractivity contribution < 1.29 is 22.7 Å². The minimum Gasteiger partial charge on any atom is -0.492 e. The Morgan fingerprint density at radius 2 is 2.10 bits per heavy atom. The average Bonchev–Trinajstić information content (AvgIpc) is 3.10. The van der Waals surface area contributed by atoms with Crippen molar-refractivity contribution in [2.45, 2.75) is 31.5 Å². The molecule has 1 aliphatic rings. The van der Waals surface area contributed by atoms with Crippen LogP contribution in [-0.4, -0.2) is 31.3 Å². The summed E-state index contributed by atoms with van der Waals surface area (Å²) >= 11 is 0.869. The van der Waals surface area contributed by atoms with Crippen LogP contribution in [0.4, 0.5) is 23.9 Å². The van der Waals surface area contributed by atoms with Gasteiger partial charge >= 0.3 is 6.18 Å². The fourth-order valence-corrected chi connectivity index (χ4v) is 3.05. The number of halogens is 3. The smallest absolute Gasteiger partial charge is 0.411 e. The second-order valence-corrected chi connectivity index (χ2v) is 5.79. The van der Waals surface area contributed by atoms with Gasteiger partial charge in [-0.25, -0.2) is 0 Å². The summed E-state index contributed by atoms with van der Waals surface area (Å²) in [5, 5.41) is 5.15. The third kappa shape index (κ3) is 2.74. The molecule has 0 spiro atoms. The molecule has 0 aromatic carbocycles. The summed E-state index contributed by atoms with van der Waals surface area (Å²) < 4.78 is 44.0. The molecule has 1 aliphatic carbocycles. The maximum atomic E-state index is 13.0. The van der Waals surface area contributed by atoms with Crippen molar-refractivity contribution in [3.05, 3.63) is 4.88 Å². The number of nitrogens with two attached hydrogens (primary N) is 1. The zero-order valence-electron chi connectivity index (χ0n) is 11.6. The maximum Gasteiger partial charge on any atom is 0.411 e. The SMILES string of the molecule is CCNC(=O)c1sc(NC2(C(F)(F)F)CC2)c(OC)c1N. The molecule has 0 bridgehead atoms. The lowest BCUT2D eigenvalue weighted by Crippen LogP contribution is -2.38. The number of rotatable bonds is 5. The van der Waals surface area contributed by atoms with Crippen molar-refractivity contribution in [1.82, 2.24) is 5.32 Å². The van der Waals surface area contributed by atoms with Gasteiger partial charge in [-0.1, -0.05) is 0 Å². The molecule has 1 heterocycles. The van der Waals surface area contributed by atoms with Crippen molar-refractivity contribution >= 4 is 27.9 Å². The number of hydrogen-bond acceptors (Lipinski definition) is 5. The Kier molecular flexibility index (Phi) is 3.96. The third-order valence-electron chi connectivity index (χ3n) is 3.29. The topological polar surface area (TPSA) is 76.4 Å². The van der Waals surface area contributed by atoms with E-state index < -0.39 is 17.6 Å². The molecular weight excluding hydrogens is 307 g/mol. The van der Waals surface area contributed by atoms with E-state index in [4.69, 9.17) is 10.5 Å². The first-order valence-corrected chi connectivity index (χ1v) is 7.16. The van der Waals surface area contributed by atoms with Gasteiger partial charge in [0.15, 0.2) is 5.75 Å². The van der Waals surface area contributed by atoms with Gasteiger partial charge in [0.1, 0.15) is 21.1 Å². The van der Waals surface area contributed by atoms with E-state index in [1.54, 1.807) is 6.92 Å². The standard InChI is InChI=1S/C12H16F3N3O2S/c1-3-17-9(19)8-6(16)7(20-2)10(21-8)18-11(4-5-11)12(13,14)15/h18H,3-5,16H2,1-2H3,(H,17,19). The third-order valence-corrected chi connectivity index (χ3v) is 4.39. The highest BCUT2D eigenvalue weighted by Gasteiger charge is 2.64. The van der Waals surface area contributed by atoms with E-state index >= 15 is 0 Å². The number of nitrogen functional groups attached to an aromatic ring is 1. The van der Waals surface area contributed by atoms with E-state index in [1.807, 2.05) is 0 Å². The van der Waals surface area contributed by atoms with Gasteiger partial charge in [-0.05, 0) is 19.8 Å². The Labute approximate surface area is 123 Å². The first kappa shape index (κ1) is 15.7. The van der Waals surface area contributed by atoms with Crippen molar-refractivity contribution in [1.29, 1.82) is 0 Å². The van der Waals surface area contributed by atoms with Gasteiger partial charge in [-0.15, -0.1) is 11.3 Å². The van der Waals surface area contributed by atoms with E-state index in [2.05, 4.69) is 10.6 Å². The molecule has 9 heteroatoms. The van der Waals surface area contributed by atoms with Gasteiger partial charge in [0, 0.05) is 6.54 Å². The van der Waals surface area contributed by atoms with Gasteiger partial charge in [-0.3, -0.25) is 4.79 Å². The second-order valence-electron chi connectivity index (χ2n) is 4.77. The number of amides is 1. The molecule has 0 unspecified atom stereocenters. The average molecular weight is 323 g/mol. The molecule has 118 valence electrons. The lowest BCUT2D eigenvalue weighted by molar-refractivity contribution is -0.151. The molecule has 4 N–H and O–H groups in total. The lowest BCUT2D eigenvalue weighted by Gasteiger charge is -2.21. The van der Waals surface area contributed by atoms with Gasteiger partial charge in [-0.2, -0.15) is 13.2 Å². The lowest BCUT2D eigenvalue weighted by atomic mass is 10.2. The monoisotopic (exact) mass is 323 g/mol. The van der Waals surface area contributed by atoms with Crippen LogP contribution in [0, 0.1) is 0 Å². The zero-order valence-corrected chi connectivity index (χ0v) is 12.4. The molecule has 2 rings (SSSR count). The Balaban J connectivity index is 2.32. The predicted molar refractivity (Wildman–Crippen MR) is 74.9 cm³/mol. The molecule has 21 heavy (non-hydrogen) atoms. The van der Waals surface area contributed by atoms with Crippen LogP contribution >= 0.6 is 11.3 Å². The first-order valence-electron chi connectivity index (χ1n) is 6.35. The van der Waals surface area contributed by atoms with Crippen molar-refractivity contribution in [2.24, 2.45) is 0 Å². The van der Waals surface area contributed by atoms with Gasteiger partial charge in [0.2, 0.25) is 0 Å². The van der Waals surface area contributed by atoms with Crippen molar-refractivity contribution in [3.63, 3.8) is 0 Å². The van der Waals surface area contributed by atoms with Crippen LogP contribution in [-0.2, 0) is 0 Å². The number of thiophene rings is 1. The summed E-state index contributed by atoms with van der Waals surface area (Å²) in [6, 6.07) is 0. The summed E-state index contributed by atoms with van der Waals surface area (Å²) in [6.45, 7) is 2.13. The molecule has 0 saturated heterocycles. The van der Waals surface area contributed by atoms with Crippen LogP contribution < -0.4 is 21.1 Å². The highest BCUT2D eigenvalue weighted by molar-refractivity contribution is 7.19. The minimum atomic E-state index is -4.36. The summed E-state index contributed by atoms with van der Waals surface area (Å²) in [6.07, 6.45) is -4.37. The molecule has 1 aromatic heterocycles. The molecule has 1 saturated carbocycles. The number of nitrogens with one attached hydrogen (secondary N) is 2. The van der Waals surface area contributed by atoms with Gasteiger partial charge < -0.3 is 21.1 Å². The van der Waals surface area contributed by atoms with E-state index in [-0.39, 0.29) is 34.2 Å². The minimum absolute atomic E-state index is 0.00600. The van der Waals surface area contributed by atoms with Gasteiger partial charge in [0.05, 0.1) is 7.11 Å². The number of methoxy groups -OCH3 is 1. The Morgan fingerprint density at radius 1 is 1.48 bits per heavy atom. The van der Waals surface area contributed by atoms with Crippen LogP contribution in [0.2, 0.25) is 0 Å². The van der Waals surface area contributed by atoms with Crippen LogP contribution in [0.15, 0.2) is 0 Å². The number of carbonyl (C=O) groups excluding carboxylic acids is 1. The van der Waals surface area contributed by atoms with E-state index in [9.17, 15) is 18.0 Å².